The molecule has 152 valence electrons. The van der Waals surface area contributed by atoms with Gasteiger partial charge in [-0.2, -0.15) is 0 Å². The molecule has 0 saturated carbocycles. The van der Waals surface area contributed by atoms with Crippen LogP contribution in [0, 0.1) is 0 Å². The zero-order valence-corrected chi connectivity index (χ0v) is 16.5. The smallest absolute Gasteiger partial charge is 0.326 e. The second-order valence-electron chi connectivity index (χ2n) is 6.82. The van der Waals surface area contributed by atoms with Gasteiger partial charge in [-0.3, -0.25) is 14.4 Å². The number of likely N-dealkylation sites (tertiary alicyclic amines) is 1. The molecule has 1 saturated heterocycles. The van der Waals surface area contributed by atoms with Crippen LogP contribution < -0.4 is 0 Å². The van der Waals surface area contributed by atoms with Crippen molar-refractivity contribution in [2.75, 3.05) is 6.54 Å². The van der Waals surface area contributed by atoms with Crippen molar-refractivity contribution in [3.8, 4) is 0 Å². The summed E-state index contributed by atoms with van der Waals surface area (Å²) in [5.41, 5.74) is 0.857. The summed E-state index contributed by atoms with van der Waals surface area (Å²) in [7, 11) is 0. The third-order valence-corrected chi connectivity index (χ3v) is 5.92. The van der Waals surface area contributed by atoms with Gasteiger partial charge in [0.25, 0.3) is 0 Å². The highest BCUT2D eigenvalue weighted by atomic mass is 32.2. The quantitative estimate of drug-likeness (QED) is 0.660. The van der Waals surface area contributed by atoms with E-state index in [0.29, 0.717) is 30.5 Å². The summed E-state index contributed by atoms with van der Waals surface area (Å²) in [5, 5.41) is 8.47. The van der Waals surface area contributed by atoms with E-state index in [1.165, 1.54) is 23.5 Å². The van der Waals surface area contributed by atoms with E-state index in [0.717, 1.165) is 11.8 Å². The fourth-order valence-corrected chi connectivity index (χ4v) is 4.37. The van der Waals surface area contributed by atoms with Gasteiger partial charge in [-0.25, -0.2) is 4.79 Å². The Balaban J connectivity index is 1.73. The van der Waals surface area contributed by atoms with Crippen molar-refractivity contribution >= 4 is 34.5 Å². The summed E-state index contributed by atoms with van der Waals surface area (Å²) in [5.74, 6) is -1.62. The Morgan fingerprint density at radius 3 is 2.52 bits per heavy atom. The molecule has 2 atom stereocenters. The third kappa shape index (κ3) is 5.35. The molecule has 1 aromatic heterocycles. The Bertz CT molecular complexity index is 880. The first-order valence-electron chi connectivity index (χ1n) is 9.29. The maximum absolute atomic E-state index is 12.8. The molecular weight excluding hydrogens is 394 g/mol. The predicted octanol–water partition coefficient (Wildman–Crippen LogP) is 3.26. The molecule has 29 heavy (non-hydrogen) atoms. The molecule has 1 fully saturated rings. The van der Waals surface area contributed by atoms with E-state index < -0.39 is 17.3 Å². The second-order valence-corrected chi connectivity index (χ2v) is 8.09. The number of thioether (sulfide) groups is 1. The Hall–Kier alpha value is -2.87. The molecule has 8 heteroatoms. The van der Waals surface area contributed by atoms with E-state index in [1.807, 2.05) is 0 Å². The lowest BCUT2D eigenvalue weighted by Gasteiger charge is -2.24. The van der Waals surface area contributed by atoms with Crippen LogP contribution in [0.4, 0.5) is 0 Å². The van der Waals surface area contributed by atoms with Crippen molar-refractivity contribution in [1.82, 2.24) is 4.90 Å². The monoisotopic (exact) mass is 415 g/mol. The first-order chi connectivity index (χ1) is 14.0. The standard InChI is InChI=1S/C21H21NO6S/c23-18(15-8-10-28-13-15)11-16(29-21(27)14-5-2-1-3-6-14)12-19(24)22-9-4-7-17(22)20(25)26/h1-3,5-6,8,10,13,16-17H,4,7,9,11-12H2,(H,25,26)/t16?,17-/m0/s1. The van der Waals surface area contributed by atoms with Crippen molar-refractivity contribution in [3.05, 3.63) is 60.1 Å². The van der Waals surface area contributed by atoms with Crippen LogP contribution >= 0.6 is 11.8 Å². The van der Waals surface area contributed by atoms with Crippen LogP contribution in [0.15, 0.2) is 53.3 Å². The largest absolute Gasteiger partial charge is 0.480 e. The Morgan fingerprint density at radius 2 is 1.86 bits per heavy atom. The summed E-state index contributed by atoms with van der Waals surface area (Å²) in [6.07, 6.45) is 3.63. The number of Topliss-reactive ketones (excluding diaryl/α,β-unsaturated/α-hetero) is 1. The zero-order valence-electron chi connectivity index (χ0n) is 15.7. The van der Waals surface area contributed by atoms with Crippen LogP contribution in [-0.4, -0.2) is 50.6 Å². The predicted molar refractivity (Wildman–Crippen MR) is 107 cm³/mol. The first-order valence-corrected chi connectivity index (χ1v) is 10.2. The summed E-state index contributed by atoms with van der Waals surface area (Å²) in [4.78, 5) is 50.6. The molecular formula is C21H21NO6S. The Morgan fingerprint density at radius 1 is 1.10 bits per heavy atom. The highest BCUT2D eigenvalue weighted by Gasteiger charge is 2.35. The summed E-state index contributed by atoms with van der Waals surface area (Å²) in [6.45, 7) is 0.371. The van der Waals surface area contributed by atoms with E-state index >= 15 is 0 Å². The normalized spacial score (nSPS) is 17.1. The topological polar surface area (TPSA) is 105 Å². The number of nitrogens with zero attached hydrogens (tertiary/aromatic N) is 1. The lowest BCUT2D eigenvalue weighted by Crippen LogP contribution is -2.41. The number of ketones is 1. The number of amides is 1. The van der Waals surface area contributed by atoms with Crippen molar-refractivity contribution in [2.45, 2.75) is 37.0 Å². The first kappa shape index (κ1) is 20.9. The van der Waals surface area contributed by atoms with E-state index in [9.17, 15) is 24.3 Å². The van der Waals surface area contributed by atoms with E-state index in [-0.39, 0.29) is 29.6 Å². The number of carboxylic acids is 1. The Labute approximate surface area is 172 Å². The number of carbonyl (C=O) groups is 4. The molecule has 2 heterocycles. The summed E-state index contributed by atoms with van der Waals surface area (Å²) in [6, 6.07) is 9.32. The summed E-state index contributed by atoms with van der Waals surface area (Å²) < 4.78 is 4.94. The average Bonchev–Trinajstić information content (AvgIpc) is 3.40. The molecule has 1 aromatic carbocycles. The number of carbonyl (C=O) groups excluding carboxylic acids is 3. The minimum Gasteiger partial charge on any atom is -0.480 e. The van der Waals surface area contributed by atoms with Crippen molar-refractivity contribution < 1.29 is 28.7 Å². The van der Waals surface area contributed by atoms with Crippen molar-refractivity contribution in [2.24, 2.45) is 0 Å². The molecule has 0 radical (unpaired) electrons. The van der Waals surface area contributed by atoms with Gasteiger partial charge >= 0.3 is 5.97 Å². The molecule has 1 unspecified atom stereocenters. The molecule has 7 nitrogen and oxygen atoms in total. The van der Waals surface area contributed by atoms with Gasteiger partial charge in [0.2, 0.25) is 11.0 Å². The zero-order chi connectivity index (χ0) is 20.8. The average molecular weight is 415 g/mol. The van der Waals surface area contributed by atoms with Gasteiger partial charge in [-0.15, -0.1) is 0 Å². The van der Waals surface area contributed by atoms with Gasteiger partial charge in [0.1, 0.15) is 12.3 Å². The Kier molecular flexibility index (Phi) is 6.87. The van der Waals surface area contributed by atoms with Crippen molar-refractivity contribution in [1.29, 1.82) is 0 Å². The van der Waals surface area contributed by atoms with Gasteiger partial charge < -0.3 is 14.4 Å². The van der Waals surface area contributed by atoms with Gasteiger partial charge in [0, 0.05) is 30.2 Å². The molecule has 0 bridgehead atoms. The fourth-order valence-electron chi connectivity index (χ4n) is 3.33. The second kappa shape index (κ2) is 9.56. The van der Waals surface area contributed by atoms with Gasteiger partial charge in [-0.05, 0) is 18.9 Å². The molecule has 2 aromatic rings. The minimum absolute atomic E-state index is 0.0277. The third-order valence-electron chi connectivity index (χ3n) is 4.80. The number of hydrogen-bond donors (Lipinski definition) is 1. The van der Waals surface area contributed by atoms with Gasteiger partial charge in [0.15, 0.2) is 5.78 Å². The molecule has 1 N–H and O–H groups in total. The lowest BCUT2D eigenvalue weighted by molar-refractivity contribution is -0.148. The van der Waals surface area contributed by atoms with E-state index in [1.54, 1.807) is 30.3 Å². The van der Waals surface area contributed by atoms with Gasteiger partial charge in [0.05, 0.1) is 11.8 Å². The van der Waals surface area contributed by atoms with Crippen LogP contribution in [0.25, 0.3) is 0 Å². The highest BCUT2D eigenvalue weighted by Crippen LogP contribution is 2.27. The molecule has 1 amide bonds. The van der Waals surface area contributed by atoms with Crippen LogP contribution in [0.3, 0.4) is 0 Å². The maximum Gasteiger partial charge on any atom is 0.326 e. The number of hydrogen-bond acceptors (Lipinski definition) is 6. The summed E-state index contributed by atoms with van der Waals surface area (Å²) >= 11 is 0.935. The molecule has 1 aliphatic rings. The van der Waals surface area contributed by atoms with E-state index in [4.69, 9.17) is 4.42 Å². The lowest BCUT2D eigenvalue weighted by atomic mass is 10.1. The number of carboxylic acid groups (broad SMARTS) is 1. The minimum atomic E-state index is -1.03. The van der Waals surface area contributed by atoms with Crippen LogP contribution in [0.5, 0.6) is 0 Å². The molecule has 0 spiro atoms. The maximum atomic E-state index is 12.8. The molecule has 1 aliphatic heterocycles. The van der Waals surface area contributed by atoms with Crippen LogP contribution in [-0.2, 0) is 9.59 Å². The number of benzene rings is 1. The van der Waals surface area contributed by atoms with E-state index in [2.05, 4.69) is 0 Å². The molecule has 0 aliphatic carbocycles. The number of aliphatic carboxylic acids is 1. The fraction of sp³-hybridized carbons (Fsp3) is 0.333. The van der Waals surface area contributed by atoms with Crippen LogP contribution in [0.1, 0.15) is 46.4 Å². The SMILES string of the molecule is O=C(CC(CC(=O)N1CCC[C@H]1C(=O)O)SC(=O)c1ccccc1)c1ccoc1. The van der Waals surface area contributed by atoms with Gasteiger partial charge in [-0.1, -0.05) is 42.1 Å². The van der Waals surface area contributed by atoms with Crippen LogP contribution in [0.2, 0.25) is 0 Å². The molecule has 3 rings (SSSR count). The van der Waals surface area contributed by atoms with Crippen molar-refractivity contribution in [3.63, 3.8) is 0 Å². The number of rotatable bonds is 8. The highest BCUT2D eigenvalue weighted by molar-refractivity contribution is 8.14. The number of furan rings is 1.